The summed E-state index contributed by atoms with van der Waals surface area (Å²) in [6.45, 7) is 3.46. The molecule has 5 aliphatic rings. The zero-order chi connectivity index (χ0) is 43.0. The molecule has 4 atom stereocenters. The minimum atomic E-state index is -1.50. The summed E-state index contributed by atoms with van der Waals surface area (Å²) in [5, 5.41) is 0.373. The van der Waals surface area contributed by atoms with Crippen LogP contribution in [0.15, 0.2) is 120 Å². The number of hydrogen-bond acceptors (Lipinski definition) is 6. The summed E-state index contributed by atoms with van der Waals surface area (Å²) < 4.78 is 7.03. The van der Waals surface area contributed by atoms with Crippen molar-refractivity contribution < 1.29 is 9.53 Å². The van der Waals surface area contributed by atoms with Crippen LogP contribution in [0.25, 0.3) is 0 Å². The number of rotatable bonds is 6. The molecule has 10 rings (SSSR count). The van der Waals surface area contributed by atoms with Crippen LogP contribution in [0.1, 0.15) is 87.5 Å². The summed E-state index contributed by atoms with van der Waals surface area (Å²) in [4.78, 5) is 24.2. The van der Waals surface area contributed by atoms with E-state index in [0.29, 0.717) is 5.56 Å². The Morgan fingerprint density at radius 3 is 1.15 bits per heavy atom. The molecule has 0 radical (unpaired) electrons. The van der Waals surface area contributed by atoms with Gasteiger partial charge in [0.25, 0.3) is 0 Å². The van der Waals surface area contributed by atoms with E-state index >= 15 is 0 Å². The molecule has 0 aliphatic carbocycles. The maximum atomic E-state index is 14.8. The topological polar surface area (TPSA) is 39.3 Å². The molecular formula is C52H50Cl4N4O2. The molecule has 0 saturated carbocycles. The number of benzene rings is 5. The minimum Gasteiger partial charge on any atom is -0.442 e. The van der Waals surface area contributed by atoms with E-state index in [0.717, 1.165) is 51.9 Å². The molecule has 0 amide bonds. The zero-order valence-corrected chi connectivity index (χ0v) is 38.5. The quantitative estimate of drug-likeness (QED) is 0.0732. The van der Waals surface area contributed by atoms with Gasteiger partial charge in [0.2, 0.25) is 0 Å². The van der Waals surface area contributed by atoms with Gasteiger partial charge >= 0.3 is 5.97 Å². The van der Waals surface area contributed by atoms with Crippen molar-refractivity contribution in [2.24, 2.45) is 0 Å². The molecule has 0 fully saturated rings. The number of allylic oxidation sites excluding steroid dienone is 2. The Balaban J connectivity index is 1.32. The highest BCUT2D eigenvalue weighted by molar-refractivity contribution is 6.53. The van der Waals surface area contributed by atoms with Gasteiger partial charge in [-0.1, -0.05) is 130 Å². The number of hydrogen-bond donors (Lipinski definition) is 0. The maximum absolute atomic E-state index is 14.8. The maximum Gasteiger partial charge on any atom is 0.341 e. The fourth-order valence-corrected chi connectivity index (χ4v) is 12.5. The first kappa shape index (κ1) is 41.4. The van der Waals surface area contributed by atoms with Gasteiger partial charge in [-0.05, 0) is 84.4 Å². The van der Waals surface area contributed by atoms with Gasteiger partial charge < -0.3 is 24.3 Å². The molecule has 5 aromatic rings. The van der Waals surface area contributed by atoms with E-state index in [1.165, 1.54) is 56.1 Å². The van der Waals surface area contributed by atoms with E-state index in [9.17, 15) is 4.79 Å². The minimum absolute atomic E-state index is 0.00507. The Morgan fingerprint density at radius 1 is 0.500 bits per heavy atom. The van der Waals surface area contributed by atoms with Crippen LogP contribution >= 0.6 is 46.4 Å². The predicted molar refractivity (Wildman–Crippen MR) is 258 cm³/mol. The standard InChI is InChI=1S/C52H50Cl4N4O2/c1-57-25-21-31(35-13-5-9-17-41(35)57)39(32-22-26-58(2)42-18-10-6-14-36(32)42)29-52(46-45(51(61)62-52)47(53)49(55)50(56)48(46)54)30-40(33-23-27-59(3)43-19-11-7-15-37(33)43)34-24-28-60(4)44-20-12-8-16-38(34)44/h5-20,29-34H,21-28H2,1-4H3. The lowest BCUT2D eigenvalue weighted by Gasteiger charge is -2.42. The van der Waals surface area contributed by atoms with Crippen molar-refractivity contribution in [2.45, 2.75) is 55.0 Å². The number of fused-ring (bicyclic) bond motifs is 5. The highest BCUT2D eigenvalue weighted by Crippen LogP contribution is 2.58. The predicted octanol–water partition coefficient (Wildman–Crippen LogP) is 13.0. The largest absolute Gasteiger partial charge is 0.442 e. The van der Waals surface area contributed by atoms with Crippen molar-refractivity contribution in [1.82, 2.24) is 0 Å². The second-order valence-corrected chi connectivity index (χ2v) is 19.3. The Kier molecular flexibility index (Phi) is 10.8. The van der Waals surface area contributed by atoms with Gasteiger partial charge in [0.1, 0.15) is 0 Å². The first-order chi connectivity index (χ1) is 30.0. The molecule has 6 nitrogen and oxygen atoms in total. The van der Waals surface area contributed by atoms with E-state index in [1.54, 1.807) is 0 Å². The SMILES string of the molecule is CN1CCC(C(=CC2(C=C(C3CCN(C)c4ccccc43)C3CCN(C)c4ccccc43)OC(=O)c3c(Cl)c(Cl)c(Cl)c(Cl)c32)C2CCN(C)c3ccccc32)c2ccccc21. The van der Waals surface area contributed by atoms with Crippen molar-refractivity contribution in [3.05, 3.63) is 174 Å². The molecule has 4 unspecified atom stereocenters. The number of anilines is 4. The highest BCUT2D eigenvalue weighted by atomic mass is 35.5. The van der Waals surface area contributed by atoms with Gasteiger partial charge in [0, 0.05) is 106 Å². The summed E-state index contributed by atoms with van der Waals surface area (Å²) in [6, 6.07) is 34.9. The molecule has 0 aromatic heterocycles. The summed E-state index contributed by atoms with van der Waals surface area (Å²) >= 11 is 28.4. The molecule has 5 heterocycles. The zero-order valence-electron chi connectivity index (χ0n) is 35.5. The summed E-state index contributed by atoms with van der Waals surface area (Å²) in [5.41, 5.74) is 11.3. The Morgan fingerprint density at radius 2 is 0.806 bits per heavy atom. The molecular weight excluding hydrogens is 854 g/mol. The first-order valence-electron chi connectivity index (χ1n) is 21.7. The van der Waals surface area contributed by atoms with Crippen LogP contribution in [0.3, 0.4) is 0 Å². The van der Waals surface area contributed by atoms with E-state index in [4.69, 9.17) is 51.1 Å². The number of para-hydroxylation sites is 4. The number of ether oxygens (including phenoxy) is 1. The third kappa shape index (κ3) is 6.71. The number of halogens is 4. The third-order valence-electron chi connectivity index (χ3n) is 14.4. The van der Waals surface area contributed by atoms with Gasteiger partial charge in [-0.15, -0.1) is 0 Å². The molecule has 0 spiro atoms. The first-order valence-corrected chi connectivity index (χ1v) is 23.2. The fourth-order valence-electron chi connectivity index (χ4n) is 11.4. The average Bonchev–Trinajstić information content (AvgIpc) is 3.58. The fraction of sp³-hybridized carbons (Fsp3) is 0.327. The molecule has 10 heteroatoms. The van der Waals surface area contributed by atoms with Crippen LogP contribution in [0.4, 0.5) is 22.7 Å². The van der Waals surface area contributed by atoms with Crippen LogP contribution in [0.5, 0.6) is 0 Å². The molecule has 5 aliphatic heterocycles. The lowest BCUT2D eigenvalue weighted by Crippen LogP contribution is -2.35. The lowest BCUT2D eigenvalue weighted by atomic mass is 9.69. The Labute approximate surface area is 385 Å². The van der Waals surface area contributed by atoms with Crippen LogP contribution in [0, 0.1) is 0 Å². The average molecular weight is 905 g/mol. The third-order valence-corrected chi connectivity index (χ3v) is 16.2. The lowest BCUT2D eigenvalue weighted by molar-refractivity contribution is 0.0289. The second kappa shape index (κ2) is 16.2. The van der Waals surface area contributed by atoms with Crippen LogP contribution in [0.2, 0.25) is 20.1 Å². The summed E-state index contributed by atoms with van der Waals surface area (Å²) in [5.74, 6) is -0.552. The van der Waals surface area contributed by atoms with Gasteiger partial charge in [-0.25, -0.2) is 4.79 Å². The Bertz CT molecular complexity index is 2410. The molecule has 0 saturated heterocycles. The van der Waals surface area contributed by atoms with Gasteiger partial charge in [0.05, 0.1) is 25.7 Å². The molecule has 0 N–H and O–H groups in total. The molecule has 318 valence electrons. The monoisotopic (exact) mass is 902 g/mol. The van der Waals surface area contributed by atoms with Gasteiger partial charge in [-0.2, -0.15) is 0 Å². The number of carbonyl (C=O) groups is 1. The normalized spacial score (nSPS) is 23.7. The van der Waals surface area contributed by atoms with Crippen LogP contribution in [-0.4, -0.2) is 60.3 Å². The van der Waals surface area contributed by atoms with Crippen molar-refractivity contribution >= 4 is 75.1 Å². The number of esters is 1. The van der Waals surface area contributed by atoms with Crippen LogP contribution < -0.4 is 19.6 Å². The van der Waals surface area contributed by atoms with Crippen molar-refractivity contribution in [3.63, 3.8) is 0 Å². The van der Waals surface area contributed by atoms with E-state index < -0.39 is 11.6 Å². The second-order valence-electron chi connectivity index (χ2n) is 17.8. The van der Waals surface area contributed by atoms with E-state index in [-0.39, 0.29) is 49.3 Å². The summed E-state index contributed by atoms with van der Waals surface area (Å²) in [6.07, 6.45) is 8.04. The van der Waals surface area contributed by atoms with E-state index in [1.807, 2.05) is 0 Å². The van der Waals surface area contributed by atoms with Crippen LogP contribution in [-0.2, 0) is 10.3 Å². The Hall–Kier alpha value is -4.59. The van der Waals surface area contributed by atoms with Gasteiger partial charge in [0.15, 0.2) is 5.60 Å². The summed E-state index contributed by atoms with van der Waals surface area (Å²) in [7, 11) is 8.67. The molecule has 5 aromatic carbocycles. The van der Waals surface area contributed by atoms with E-state index in [2.05, 4.69) is 157 Å². The van der Waals surface area contributed by atoms with Crippen molar-refractivity contribution in [2.75, 3.05) is 74.0 Å². The highest BCUT2D eigenvalue weighted by Gasteiger charge is 2.50. The molecule has 62 heavy (non-hydrogen) atoms. The smallest absolute Gasteiger partial charge is 0.341 e. The van der Waals surface area contributed by atoms with Crippen molar-refractivity contribution in [1.29, 1.82) is 0 Å². The number of nitrogens with zero attached hydrogens (tertiary/aromatic N) is 4. The van der Waals surface area contributed by atoms with Gasteiger partial charge in [-0.3, -0.25) is 0 Å². The molecule has 0 bridgehead atoms. The van der Waals surface area contributed by atoms with Crippen molar-refractivity contribution in [3.8, 4) is 0 Å². The number of cyclic esters (lactones) is 1. The number of carbonyl (C=O) groups excluding carboxylic acids is 1.